The minimum absolute atomic E-state index is 0.117. The van der Waals surface area contributed by atoms with Gasteiger partial charge in [-0.3, -0.25) is 4.79 Å². The van der Waals surface area contributed by atoms with Gasteiger partial charge in [-0.15, -0.1) is 0 Å². The fourth-order valence-corrected chi connectivity index (χ4v) is 2.91. The molecule has 0 bridgehead atoms. The maximum Gasteiger partial charge on any atom is 0.253 e. The van der Waals surface area contributed by atoms with Crippen LogP contribution < -0.4 is 14.8 Å². The second kappa shape index (κ2) is 7.49. The van der Waals surface area contributed by atoms with Crippen LogP contribution in [0, 0.1) is 0 Å². The van der Waals surface area contributed by atoms with E-state index in [0.29, 0.717) is 35.1 Å². The van der Waals surface area contributed by atoms with E-state index in [4.69, 9.17) is 21.1 Å². The highest BCUT2D eigenvalue weighted by atomic mass is 35.5. The zero-order valence-corrected chi connectivity index (χ0v) is 14.8. The first kappa shape index (κ1) is 17.2. The van der Waals surface area contributed by atoms with E-state index in [1.807, 2.05) is 24.3 Å². The molecular weight excluding hydrogens is 340 g/mol. The number of carbonyl (C=O) groups excluding carboxylic acids is 1. The van der Waals surface area contributed by atoms with Crippen molar-refractivity contribution in [3.63, 3.8) is 0 Å². The number of benzene rings is 2. The Bertz CT molecular complexity index is 905. The summed E-state index contributed by atoms with van der Waals surface area (Å²) in [5.74, 6) is 1.25. The van der Waals surface area contributed by atoms with Crippen molar-refractivity contribution in [2.45, 2.75) is 6.42 Å². The van der Waals surface area contributed by atoms with Crippen LogP contribution in [0.4, 0.5) is 0 Å². The molecule has 1 aromatic heterocycles. The monoisotopic (exact) mass is 358 g/mol. The van der Waals surface area contributed by atoms with Crippen molar-refractivity contribution in [1.82, 2.24) is 10.3 Å². The standard InChI is InChI=1S/C19H19ClN2O3/c1-24-17-6-3-12(9-18(17)25-2)7-8-21-19(23)15-11-22-16-10-13(20)4-5-14(15)16/h3-6,9-11,22H,7-8H2,1-2H3,(H,21,23). The Morgan fingerprint density at radius 3 is 2.68 bits per heavy atom. The van der Waals surface area contributed by atoms with Gasteiger partial charge in [0.25, 0.3) is 5.91 Å². The highest BCUT2D eigenvalue weighted by Crippen LogP contribution is 2.27. The molecule has 2 N–H and O–H groups in total. The first-order valence-electron chi connectivity index (χ1n) is 7.88. The van der Waals surface area contributed by atoms with Crippen LogP contribution in [0.2, 0.25) is 5.02 Å². The molecule has 1 heterocycles. The highest BCUT2D eigenvalue weighted by molar-refractivity contribution is 6.31. The maximum atomic E-state index is 12.4. The molecule has 6 heteroatoms. The number of fused-ring (bicyclic) bond motifs is 1. The summed E-state index contributed by atoms with van der Waals surface area (Å²) in [6.45, 7) is 0.522. The van der Waals surface area contributed by atoms with Crippen molar-refractivity contribution < 1.29 is 14.3 Å². The molecule has 0 radical (unpaired) electrons. The normalized spacial score (nSPS) is 10.7. The van der Waals surface area contributed by atoms with Crippen LogP contribution in [0.3, 0.4) is 0 Å². The van der Waals surface area contributed by atoms with Crippen LogP contribution in [-0.2, 0) is 6.42 Å². The van der Waals surface area contributed by atoms with E-state index in [9.17, 15) is 4.79 Å². The minimum Gasteiger partial charge on any atom is -0.493 e. The molecule has 3 aromatic rings. The average molecular weight is 359 g/mol. The van der Waals surface area contributed by atoms with Gasteiger partial charge in [-0.25, -0.2) is 0 Å². The molecule has 0 aliphatic rings. The van der Waals surface area contributed by atoms with Crippen molar-refractivity contribution in [2.75, 3.05) is 20.8 Å². The van der Waals surface area contributed by atoms with Crippen LogP contribution in [-0.4, -0.2) is 31.7 Å². The van der Waals surface area contributed by atoms with Gasteiger partial charge >= 0.3 is 0 Å². The maximum absolute atomic E-state index is 12.4. The van der Waals surface area contributed by atoms with Crippen LogP contribution in [0.1, 0.15) is 15.9 Å². The number of H-pyrrole nitrogens is 1. The molecule has 130 valence electrons. The summed E-state index contributed by atoms with van der Waals surface area (Å²) < 4.78 is 10.5. The van der Waals surface area contributed by atoms with Crippen LogP contribution in [0.25, 0.3) is 10.9 Å². The number of hydrogen-bond acceptors (Lipinski definition) is 3. The summed E-state index contributed by atoms with van der Waals surface area (Å²) in [5.41, 5.74) is 2.51. The van der Waals surface area contributed by atoms with Gasteiger partial charge < -0.3 is 19.8 Å². The van der Waals surface area contributed by atoms with E-state index in [1.54, 1.807) is 32.5 Å². The molecule has 5 nitrogen and oxygen atoms in total. The van der Waals surface area contributed by atoms with E-state index in [1.165, 1.54) is 0 Å². The molecule has 0 aliphatic heterocycles. The number of amides is 1. The molecule has 0 atom stereocenters. The summed E-state index contributed by atoms with van der Waals surface area (Å²) in [6.07, 6.45) is 2.40. The topological polar surface area (TPSA) is 63.3 Å². The lowest BCUT2D eigenvalue weighted by atomic mass is 10.1. The van der Waals surface area contributed by atoms with Crippen molar-refractivity contribution in [2.24, 2.45) is 0 Å². The highest BCUT2D eigenvalue weighted by Gasteiger charge is 2.12. The lowest BCUT2D eigenvalue weighted by Crippen LogP contribution is -2.25. The third-order valence-corrected chi connectivity index (χ3v) is 4.27. The van der Waals surface area contributed by atoms with Gasteiger partial charge in [-0.2, -0.15) is 0 Å². The molecule has 0 unspecified atom stereocenters. The number of ether oxygens (including phenoxy) is 2. The Balaban J connectivity index is 1.64. The smallest absolute Gasteiger partial charge is 0.253 e. The second-order valence-electron chi connectivity index (χ2n) is 5.59. The SMILES string of the molecule is COc1ccc(CCNC(=O)c2c[nH]c3cc(Cl)ccc23)cc1OC. The van der Waals surface area contributed by atoms with Crippen molar-refractivity contribution in [1.29, 1.82) is 0 Å². The Morgan fingerprint density at radius 2 is 1.92 bits per heavy atom. The Hall–Kier alpha value is -2.66. The van der Waals surface area contributed by atoms with Gasteiger partial charge in [-0.1, -0.05) is 23.7 Å². The fourth-order valence-electron chi connectivity index (χ4n) is 2.74. The van der Waals surface area contributed by atoms with Gasteiger partial charge in [0.1, 0.15) is 0 Å². The molecule has 0 aliphatic carbocycles. The Labute approximate surface area is 150 Å². The molecule has 0 saturated heterocycles. The number of nitrogens with one attached hydrogen (secondary N) is 2. The number of rotatable bonds is 6. The third-order valence-electron chi connectivity index (χ3n) is 4.04. The number of aromatic amines is 1. The zero-order chi connectivity index (χ0) is 17.8. The van der Waals surface area contributed by atoms with Crippen LogP contribution in [0.15, 0.2) is 42.6 Å². The Kier molecular flexibility index (Phi) is 5.14. The molecule has 1 amide bonds. The molecule has 0 spiro atoms. The van der Waals surface area contributed by atoms with Gasteiger partial charge in [0, 0.05) is 28.7 Å². The van der Waals surface area contributed by atoms with E-state index in [0.717, 1.165) is 16.5 Å². The minimum atomic E-state index is -0.117. The lowest BCUT2D eigenvalue weighted by Gasteiger charge is -2.10. The zero-order valence-electron chi connectivity index (χ0n) is 14.1. The second-order valence-corrected chi connectivity index (χ2v) is 6.02. The van der Waals surface area contributed by atoms with Crippen molar-refractivity contribution >= 4 is 28.4 Å². The summed E-state index contributed by atoms with van der Waals surface area (Å²) >= 11 is 5.97. The largest absolute Gasteiger partial charge is 0.493 e. The van der Waals surface area contributed by atoms with Gasteiger partial charge in [-0.05, 0) is 36.2 Å². The number of aromatic nitrogens is 1. The molecule has 25 heavy (non-hydrogen) atoms. The first-order chi connectivity index (χ1) is 12.1. The fraction of sp³-hybridized carbons (Fsp3) is 0.211. The van der Waals surface area contributed by atoms with Gasteiger partial charge in [0.2, 0.25) is 0 Å². The van der Waals surface area contributed by atoms with Crippen molar-refractivity contribution in [3.05, 3.63) is 58.7 Å². The predicted octanol–water partition coefficient (Wildman–Crippen LogP) is 3.81. The van der Waals surface area contributed by atoms with Crippen molar-refractivity contribution in [3.8, 4) is 11.5 Å². The number of halogens is 1. The van der Waals surface area contributed by atoms with E-state index in [-0.39, 0.29) is 5.91 Å². The third kappa shape index (κ3) is 3.72. The number of hydrogen-bond donors (Lipinski definition) is 2. The number of methoxy groups -OCH3 is 2. The molecule has 0 saturated carbocycles. The summed E-state index contributed by atoms with van der Waals surface area (Å²) in [6, 6.07) is 11.2. The van der Waals surface area contributed by atoms with E-state index < -0.39 is 0 Å². The molecule has 2 aromatic carbocycles. The summed E-state index contributed by atoms with van der Waals surface area (Å²) in [5, 5.41) is 4.43. The quantitative estimate of drug-likeness (QED) is 0.704. The van der Waals surface area contributed by atoms with E-state index >= 15 is 0 Å². The van der Waals surface area contributed by atoms with Crippen LogP contribution in [0.5, 0.6) is 11.5 Å². The molecule has 3 rings (SSSR count). The summed E-state index contributed by atoms with van der Waals surface area (Å²) in [4.78, 5) is 15.5. The van der Waals surface area contributed by atoms with Gasteiger partial charge in [0.15, 0.2) is 11.5 Å². The molecule has 0 fully saturated rings. The summed E-state index contributed by atoms with van der Waals surface area (Å²) in [7, 11) is 3.21. The molecular formula is C19H19ClN2O3. The van der Waals surface area contributed by atoms with Crippen LogP contribution >= 0.6 is 11.6 Å². The first-order valence-corrected chi connectivity index (χ1v) is 8.26. The number of carbonyl (C=O) groups is 1. The van der Waals surface area contributed by atoms with Gasteiger partial charge in [0.05, 0.1) is 19.8 Å². The lowest BCUT2D eigenvalue weighted by molar-refractivity contribution is 0.0956. The predicted molar refractivity (Wildman–Crippen MR) is 98.9 cm³/mol. The van der Waals surface area contributed by atoms with E-state index in [2.05, 4.69) is 10.3 Å². The Morgan fingerprint density at radius 1 is 1.12 bits per heavy atom. The average Bonchev–Trinajstić information content (AvgIpc) is 3.04.